The fourth-order valence-corrected chi connectivity index (χ4v) is 2.24. The van der Waals surface area contributed by atoms with E-state index in [1.165, 1.54) is 0 Å². The minimum absolute atomic E-state index is 0.0545. The lowest BCUT2D eigenvalue weighted by Gasteiger charge is -2.36. The molecular weight excluding hydrogens is 234 g/mol. The zero-order chi connectivity index (χ0) is 13.7. The summed E-state index contributed by atoms with van der Waals surface area (Å²) in [5.41, 5.74) is 5.73. The van der Waals surface area contributed by atoms with Gasteiger partial charge in [0.2, 0.25) is 5.91 Å². The van der Waals surface area contributed by atoms with Gasteiger partial charge in [-0.3, -0.25) is 9.59 Å². The first kappa shape index (κ1) is 14.9. The number of piperidine rings is 1. The number of nitrogens with zero attached hydrogens (tertiary/aromatic N) is 2. The van der Waals surface area contributed by atoms with Gasteiger partial charge in [-0.2, -0.15) is 0 Å². The van der Waals surface area contributed by atoms with E-state index in [4.69, 9.17) is 10.8 Å². The van der Waals surface area contributed by atoms with Crippen molar-refractivity contribution in [2.45, 2.75) is 37.8 Å². The van der Waals surface area contributed by atoms with Crippen molar-refractivity contribution < 1.29 is 14.7 Å². The highest BCUT2D eigenvalue weighted by molar-refractivity contribution is 5.82. The normalized spacial score (nSPS) is 19.0. The number of aliphatic carboxylic acids is 1. The van der Waals surface area contributed by atoms with E-state index < -0.39 is 12.0 Å². The first-order valence-electron chi connectivity index (χ1n) is 6.34. The first-order valence-corrected chi connectivity index (χ1v) is 6.34. The molecule has 0 aliphatic carbocycles. The second-order valence-corrected chi connectivity index (χ2v) is 5.06. The number of hydrogen-bond donors (Lipinski definition) is 2. The van der Waals surface area contributed by atoms with Crippen LogP contribution in [0.4, 0.5) is 0 Å². The molecule has 0 aromatic heterocycles. The SMILES string of the molecule is CN(C)C1CCN(C(=O)C(N)CCC(=O)O)CC1. The number of nitrogens with two attached hydrogens (primary N) is 1. The maximum atomic E-state index is 12.0. The van der Waals surface area contributed by atoms with E-state index in [9.17, 15) is 9.59 Å². The van der Waals surface area contributed by atoms with E-state index in [2.05, 4.69) is 4.90 Å². The van der Waals surface area contributed by atoms with Crippen molar-refractivity contribution in [3.05, 3.63) is 0 Å². The fourth-order valence-electron chi connectivity index (χ4n) is 2.24. The van der Waals surface area contributed by atoms with E-state index in [0.717, 1.165) is 12.8 Å². The van der Waals surface area contributed by atoms with Crippen molar-refractivity contribution in [1.29, 1.82) is 0 Å². The van der Waals surface area contributed by atoms with Crippen LogP contribution >= 0.6 is 0 Å². The zero-order valence-electron chi connectivity index (χ0n) is 11.1. The van der Waals surface area contributed by atoms with Gasteiger partial charge >= 0.3 is 5.97 Å². The van der Waals surface area contributed by atoms with Crippen LogP contribution in [0.2, 0.25) is 0 Å². The number of carboxylic acid groups (broad SMARTS) is 1. The Hall–Kier alpha value is -1.14. The Morgan fingerprint density at radius 2 is 1.94 bits per heavy atom. The van der Waals surface area contributed by atoms with Gasteiger partial charge in [0.1, 0.15) is 0 Å². The van der Waals surface area contributed by atoms with E-state index in [-0.39, 0.29) is 18.7 Å². The molecule has 0 saturated carbocycles. The van der Waals surface area contributed by atoms with Crippen LogP contribution in [0.3, 0.4) is 0 Å². The van der Waals surface area contributed by atoms with Crippen LogP contribution in [-0.2, 0) is 9.59 Å². The molecule has 104 valence electrons. The summed E-state index contributed by atoms with van der Waals surface area (Å²) in [6.07, 6.45) is 2.05. The van der Waals surface area contributed by atoms with Crippen LogP contribution in [0.5, 0.6) is 0 Å². The lowest BCUT2D eigenvalue weighted by Crippen LogP contribution is -2.50. The van der Waals surface area contributed by atoms with E-state index in [0.29, 0.717) is 19.1 Å². The van der Waals surface area contributed by atoms with Gasteiger partial charge in [-0.25, -0.2) is 0 Å². The molecule has 1 aliphatic heterocycles. The first-order chi connectivity index (χ1) is 8.41. The van der Waals surface area contributed by atoms with Gasteiger partial charge < -0.3 is 20.6 Å². The van der Waals surface area contributed by atoms with E-state index in [1.54, 1.807) is 4.90 Å². The highest BCUT2D eigenvalue weighted by Crippen LogP contribution is 2.15. The van der Waals surface area contributed by atoms with Gasteiger partial charge in [0.25, 0.3) is 0 Å². The molecule has 0 aromatic rings. The number of carbonyl (C=O) groups excluding carboxylic acids is 1. The molecule has 1 fully saturated rings. The summed E-state index contributed by atoms with van der Waals surface area (Å²) in [5, 5.41) is 8.56. The molecule has 6 heteroatoms. The molecule has 0 radical (unpaired) electrons. The highest BCUT2D eigenvalue weighted by atomic mass is 16.4. The van der Waals surface area contributed by atoms with Crippen LogP contribution in [0.1, 0.15) is 25.7 Å². The van der Waals surface area contributed by atoms with Crippen molar-refractivity contribution >= 4 is 11.9 Å². The number of amides is 1. The third-order valence-electron chi connectivity index (χ3n) is 3.49. The zero-order valence-corrected chi connectivity index (χ0v) is 11.1. The van der Waals surface area contributed by atoms with Crippen molar-refractivity contribution in [2.75, 3.05) is 27.2 Å². The van der Waals surface area contributed by atoms with Crippen molar-refractivity contribution in [2.24, 2.45) is 5.73 Å². The average molecular weight is 257 g/mol. The molecule has 1 aliphatic rings. The summed E-state index contributed by atoms with van der Waals surface area (Å²) in [5.74, 6) is -1.03. The van der Waals surface area contributed by atoms with Gasteiger partial charge in [-0.1, -0.05) is 0 Å². The Labute approximate surface area is 108 Å². The molecule has 1 rings (SSSR count). The second-order valence-electron chi connectivity index (χ2n) is 5.06. The predicted molar refractivity (Wildman–Crippen MR) is 68.1 cm³/mol. The maximum Gasteiger partial charge on any atom is 0.303 e. The number of carboxylic acids is 1. The Morgan fingerprint density at radius 3 is 2.39 bits per heavy atom. The number of hydrogen-bond acceptors (Lipinski definition) is 4. The lowest BCUT2D eigenvalue weighted by molar-refractivity contribution is -0.138. The predicted octanol–water partition coefficient (Wildman–Crippen LogP) is -0.269. The molecule has 6 nitrogen and oxygen atoms in total. The second kappa shape index (κ2) is 6.70. The summed E-state index contributed by atoms with van der Waals surface area (Å²) in [6, 6.07) is -0.165. The summed E-state index contributed by atoms with van der Waals surface area (Å²) < 4.78 is 0. The molecule has 0 aromatic carbocycles. The van der Waals surface area contributed by atoms with Crippen molar-refractivity contribution in [3.63, 3.8) is 0 Å². The Kier molecular flexibility index (Phi) is 5.55. The molecule has 1 unspecified atom stereocenters. The third kappa shape index (κ3) is 4.27. The summed E-state index contributed by atoms with van der Waals surface area (Å²) in [6.45, 7) is 1.42. The molecule has 1 heterocycles. The monoisotopic (exact) mass is 257 g/mol. The topological polar surface area (TPSA) is 86.9 Å². The van der Waals surface area contributed by atoms with Gasteiger partial charge in [-0.15, -0.1) is 0 Å². The van der Waals surface area contributed by atoms with Gasteiger partial charge in [0.15, 0.2) is 0 Å². The standard InChI is InChI=1S/C12H23N3O3/c1-14(2)9-5-7-15(8-6-9)12(18)10(13)3-4-11(16)17/h9-10H,3-8,13H2,1-2H3,(H,16,17). The maximum absolute atomic E-state index is 12.0. The van der Waals surface area contributed by atoms with Crippen molar-refractivity contribution in [3.8, 4) is 0 Å². The van der Waals surface area contributed by atoms with Gasteiger partial charge in [0.05, 0.1) is 6.04 Å². The number of likely N-dealkylation sites (tertiary alicyclic amines) is 1. The highest BCUT2D eigenvalue weighted by Gasteiger charge is 2.27. The number of carbonyl (C=O) groups is 2. The molecular formula is C12H23N3O3. The summed E-state index contributed by atoms with van der Waals surface area (Å²) >= 11 is 0. The Balaban J connectivity index is 2.37. The summed E-state index contributed by atoms with van der Waals surface area (Å²) in [7, 11) is 4.08. The minimum atomic E-state index is -0.912. The van der Waals surface area contributed by atoms with E-state index in [1.807, 2.05) is 14.1 Å². The third-order valence-corrected chi connectivity index (χ3v) is 3.49. The van der Waals surface area contributed by atoms with Gasteiger partial charge in [0, 0.05) is 25.6 Å². The molecule has 0 spiro atoms. The Morgan fingerprint density at radius 1 is 1.39 bits per heavy atom. The molecule has 3 N–H and O–H groups in total. The molecule has 18 heavy (non-hydrogen) atoms. The summed E-state index contributed by atoms with van der Waals surface area (Å²) in [4.78, 5) is 26.3. The van der Waals surface area contributed by atoms with Crippen LogP contribution < -0.4 is 5.73 Å². The van der Waals surface area contributed by atoms with Gasteiger partial charge in [-0.05, 0) is 33.4 Å². The number of rotatable bonds is 5. The molecule has 0 bridgehead atoms. The smallest absolute Gasteiger partial charge is 0.303 e. The van der Waals surface area contributed by atoms with Crippen LogP contribution in [-0.4, -0.2) is 66.1 Å². The molecule has 1 saturated heterocycles. The largest absolute Gasteiger partial charge is 0.481 e. The molecule has 1 amide bonds. The Bertz CT molecular complexity index is 299. The minimum Gasteiger partial charge on any atom is -0.481 e. The van der Waals surface area contributed by atoms with Crippen molar-refractivity contribution in [1.82, 2.24) is 9.80 Å². The van der Waals surface area contributed by atoms with E-state index >= 15 is 0 Å². The van der Waals surface area contributed by atoms with Crippen LogP contribution in [0.25, 0.3) is 0 Å². The van der Waals surface area contributed by atoms with Crippen LogP contribution in [0, 0.1) is 0 Å². The molecule has 1 atom stereocenters. The van der Waals surface area contributed by atoms with Crippen LogP contribution in [0.15, 0.2) is 0 Å². The lowest BCUT2D eigenvalue weighted by atomic mass is 10.0. The average Bonchev–Trinajstić information content (AvgIpc) is 2.35. The quantitative estimate of drug-likeness (QED) is 0.708. The fraction of sp³-hybridized carbons (Fsp3) is 0.833.